The number of hydrogen-bond acceptors (Lipinski definition) is 4. The topological polar surface area (TPSA) is 61.9 Å². The Hall–Kier alpha value is -2.31. The lowest BCUT2D eigenvalue weighted by Gasteiger charge is -2.28. The van der Waals surface area contributed by atoms with Gasteiger partial charge in [0.2, 0.25) is 0 Å². The van der Waals surface area contributed by atoms with E-state index in [4.69, 9.17) is 0 Å². The highest BCUT2D eigenvalue weighted by atomic mass is 79.9. The van der Waals surface area contributed by atoms with Gasteiger partial charge in [-0.05, 0) is 36.2 Å². The van der Waals surface area contributed by atoms with Gasteiger partial charge in [0.05, 0.1) is 11.3 Å². The van der Waals surface area contributed by atoms with Crippen LogP contribution in [-0.2, 0) is 19.5 Å². The molecule has 0 unspecified atom stereocenters. The summed E-state index contributed by atoms with van der Waals surface area (Å²) in [4.78, 5) is 26.6. The molecular formula is C20H19BrN4O. The third-order valence-corrected chi connectivity index (χ3v) is 5.42. The molecule has 6 heteroatoms. The zero-order valence-corrected chi connectivity index (χ0v) is 16.1. The van der Waals surface area contributed by atoms with E-state index in [1.165, 1.54) is 11.1 Å². The predicted octanol–water partition coefficient (Wildman–Crippen LogP) is 3.46. The largest absolute Gasteiger partial charge is 0.306 e. The molecule has 0 saturated heterocycles. The molecule has 3 aromatic rings. The van der Waals surface area contributed by atoms with Gasteiger partial charge in [0, 0.05) is 48.5 Å². The van der Waals surface area contributed by atoms with Crippen molar-refractivity contribution in [1.29, 1.82) is 0 Å². The van der Waals surface area contributed by atoms with Gasteiger partial charge in [0.15, 0.2) is 0 Å². The number of fused-ring (bicyclic) bond motifs is 1. The minimum absolute atomic E-state index is 0.0541. The van der Waals surface area contributed by atoms with E-state index >= 15 is 0 Å². The van der Waals surface area contributed by atoms with Gasteiger partial charge in [-0.15, -0.1) is 0 Å². The standard InChI is InChI=1S/C20H19BrN4O/c1-13-4-5-15(17(21)9-13)11-25-8-6-18-16(12-25)20(26)24-19(23-18)14-3-2-7-22-10-14/h2-5,7,9-10H,6,8,11-12H2,1H3,(H,23,24,26). The average Bonchev–Trinajstić information content (AvgIpc) is 2.65. The fourth-order valence-electron chi connectivity index (χ4n) is 3.28. The van der Waals surface area contributed by atoms with Crippen LogP contribution in [0.4, 0.5) is 0 Å². The highest BCUT2D eigenvalue weighted by molar-refractivity contribution is 9.10. The summed E-state index contributed by atoms with van der Waals surface area (Å²) in [5, 5.41) is 0. The second-order valence-electron chi connectivity index (χ2n) is 6.64. The van der Waals surface area contributed by atoms with Crippen molar-refractivity contribution in [3.8, 4) is 11.4 Å². The Morgan fingerprint density at radius 1 is 1.31 bits per heavy atom. The Kier molecular flexibility index (Phi) is 4.70. The van der Waals surface area contributed by atoms with Gasteiger partial charge >= 0.3 is 0 Å². The lowest BCUT2D eigenvalue weighted by atomic mass is 10.1. The van der Waals surface area contributed by atoms with Crippen molar-refractivity contribution in [3.63, 3.8) is 0 Å². The Bertz CT molecular complexity index is 1000. The first-order valence-electron chi connectivity index (χ1n) is 8.60. The van der Waals surface area contributed by atoms with Crippen LogP contribution < -0.4 is 5.56 Å². The Morgan fingerprint density at radius 2 is 2.19 bits per heavy atom. The van der Waals surface area contributed by atoms with Crippen LogP contribution in [0.25, 0.3) is 11.4 Å². The van der Waals surface area contributed by atoms with E-state index in [0.29, 0.717) is 12.4 Å². The lowest BCUT2D eigenvalue weighted by Crippen LogP contribution is -2.35. The van der Waals surface area contributed by atoms with Crippen molar-refractivity contribution in [2.24, 2.45) is 0 Å². The number of aromatic amines is 1. The molecule has 1 aromatic carbocycles. The summed E-state index contributed by atoms with van der Waals surface area (Å²) >= 11 is 3.64. The molecule has 1 aliphatic heterocycles. The van der Waals surface area contributed by atoms with Gasteiger partial charge in [-0.25, -0.2) is 4.98 Å². The molecule has 0 fully saturated rings. The van der Waals surface area contributed by atoms with Crippen LogP contribution >= 0.6 is 15.9 Å². The van der Waals surface area contributed by atoms with E-state index in [-0.39, 0.29) is 5.56 Å². The fraction of sp³-hybridized carbons (Fsp3) is 0.250. The van der Waals surface area contributed by atoms with Crippen LogP contribution in [0.5, 0.6) is 0 Å². The van der Waals surface area contributed by atoms with Crippen LogP contribution in [0.1, 0.15) is 22.4 Å². The summed E-state index contributed by atoms with van der Waals surface area (Å²) in [6, 6.07) is 10.1. The molecule has 0 saturated carbocycles. The molecule has 132 valence electrons. The zero-order chi connectivity index (χ0) is 18.1. The number of aromatic nitrogens is 3. The van der Waals surface area contributed by atoms with Gasteiger partial charge in [-0.3, -0.25) is 14.7 Å². The van der Waals surface area contributed by atoms with Crippen LogP contribution in [-0.4, -0.2) is 26.4 Å². The molecule has 1 N–H and O–H groups in total. The molecule has 0 radical (unpaired) electrons. The monoisotopic (exact) mass is 410 g/mol. The Morgan fingerprint density at radius 3 is 2.96 bits per heavy atom. The number of nitrogens with one attached hydrogen (secondary N) is 1. The lowest BCUT2D eigenvalue weighted by molar-refractivity contribution is 0.241. The summed E-state index contributed by atoms with van der Waals surface area (Å²) < 4.78 is 1.11. The molecular weight excluding hydrogens is 392 g/mol. The highest BCUT2D eigenvalue weighted by Crippen LogP contribution is 2.23. The SMILES string of the molecule is Cc1ccc(CN2CCc3nc(-c4cccnc4)[nH]c(=O)c3C2)c(Br)c1. The van der Waals surface area contributed by atoms with Crippen molar-refractivity contribution in [2.75, 3.05) is 6.54 Å². The maximum atomic E-state index is 12.6. The average molecular weight is 411 g/mol. The summed E-state index contributed by atoms with van der Waals surface area (Å²) in [7, 11) is 0. The predicted molar refractivity (Wildman–Crippen MR) is 105 cm³/mol. The molecule has 5 nitrogen and oxygen atoms in total. The maximum Gasteiger partial charge on any atom is 0.255 e. The molecule has 0 spiro atoms. The minimum atomic E-state index is -0.0541. The van der Waals surface area contributed by atoms with E-state index in [0.717, 1.165) is 40.8 Å². The van der Waals surface area contributed by atoms with Crippen LogP contribution in [0.3, 0.4) is 0 Å². The van der Waals surface area contributed by atoms with Crippen molar-refractivity contribution in [2.45, 2.75) is 26.4 Å². The first-order valence-corrected chi connectivity index (χ1v) is 9.39. The number of benzene rings is 1. The van der Waals surface area contributed by atoms with Crippen molar-refractivity contribution in [3.05, 3.63) is 79.9 Å². The molecule has 0 aliphatic carbocycles. The molecule has 26 heavy (non-hydrogen) atoms. The molecule has 0 atom stereocenters. The summed E-state index contributed by atoms with van der Waals surface area (Å²) in [6.45, 7) is 4.39. The van der Waals surface area contributed by atoms with Crippen LogP contribution in [0.2, 0.25) is 0 Å². The third kappa shape index (κ3) is 3.48. The van der Waals surface area contributed by atoms with E-state index in [1.807, 2.05) is 12.1 Å². The number of pyridine rings is 1. The number of rotatable bonds is 3. The van der Waals surface area contributed by atoms with E-state index in [2.05, 4.69) is 60.9 Å². The Labute approximate surface area is 160 Å². The van der Waals surface area contributed by atoms with Gasteiger partial charge < -0.3 is 4.98 Å². The Balaban J connectivity index is 1.58. The van der Waals surface area contributed by atoms with Crippen molar-refractivity contribution >= 4 is 15.9 Å². The summed E-state index contributed by atoms with van der Waals surface area (Å²) in [5.74, 6) is 0.594. The fourth-order valence-corrected chi connectivity index (χ4v) is 3.90. The van der Waals surface area contributed by atoms with E-state index < -0.39 is 0 Å². The van der Waals surface area contributed by atoms with Gasteiger partial charge in [-0.1, -0.05) is 28.1 Å². The van der Waals surface area contributed by atoms with Gasteiger partial charge in [-0.2, -0.15) is 0 Å². The molecule has 0 amide bonds. The van der Waals surface area contributed by atoms with Crippen molar-refractivity contribution < 1.29 is 0 Å². The second-order valence-corrected chi connectivity index (χ2v) is 7.49. The minimum Gasteiger partial charge on any atom is -0.306 e. The second kappa shape index (κ2) is 7.13. The number of nitrogens with zero attached hydrogens (tertiary/aromatic N) is 3. The molecule has 0 bridgehead atoms. The number of H-pyrrole nitrogens is 1. The van der Waals surface area contributed by atoms with E-state index in [9.17, 15) is 4.79 Å². The van der Waals surface area contributed by atoms with Crippen LogP contribution in [0.15, 0.2) is 52.0 Å². The third-order valence-electron chi connectivity index (χ3n) is 4.69. The summed E-state index contributed by atoms with van der Waals surface area (Å²) in [6.07, 6.45) is 4.20. The maximum absolute atomic E-state index is 12.6. The number of hydrogen-bond donors (Lipinski definition) is 1. The smallest absolute Gasteiger partial charge is 0.255 e. The number of halogens is 1. The van der Waals surface area contributed by atoms with Crippen LogP contribution in [0, 0.1) is 6.92 Å². The molecule has 4 rings (SSSR count). The number of aryl methyl sites for hydroxylation is 1. The van der Waals surface area contributed by atoms with E-state index in [1.54, 1.807) is 12.4 Å². The first-order chi connectivity index (χ1) is 12.6. The zero-order valence-electron chi connectivity index (χ0n) is 14.5. The quantitative estimate of drug-likeness (QED) is 0.717. The van der Waals surface area contributed by atoms with Gasteiger partial charge in [0.1, 0.15) is 5.82 Å². The molecule has 1 aliphatic rings. The normalized spacial score (nSPS) is 14.2. The first kappa shape index (κ1) is 17.1. The van der Waals surface area contributed by atoms with Crippen molar-refractivity contribution in [1.82, 2.24) is 19.9 Å². The molecule has 3 heterocycles. The van der Waals surface area contributed by atoms with Gasteiger partial charge in [0.25, 0.3) is 5.56 Å². The molecule has 2 aromatic heterocycles. The highest BCUT2D eigenvalue weighted by Gasteiger charge is 2.22. The summed E-state index contributed by atoms with van der Waals surface area (Å²) in [5.41, 5.74) is 4.91.